The van der Waals surface area contributed by atoms with Crippen LogP contribution in [0.1, 0.15) is 32.1 Å². The van der Waals surface area contributed by atoms with Crippen molar-refractivity contribution in [3.63, 3.8) is 0 Å². The van der Waals surface area contributed by atoms with E-state index in [4.69, 9.17) is 10.2 Å². The predicted octanol–water partition coefficient (Wildman–Crippen LogP) is 0.698. The maximum absolute atomic E-state index is 10.4. The van der Waals surface area contributed by atoms with E-state index in [2.05, 4.69) is 4.90 Å². The van der Waals surface area contributed by atoms with E-state index in [-0.39, 0.29) is 0 Å². The highest BCUT2D eigenvalue weighted by Gasteiger charge is 2.44. The van der Waals surface area contributed by atoms with Gasteiger partial charge in [-0.25, -0.2) is 4.79 Å². The number of rotatable bonds is 4. The van der Waals surface area contributed by atoms with Crippen LogP contribution in [0.5, 0.6) is 0 Å². The van der Waals surface area contributed by atoms with Crippen LogP contribution >= 0.6 is 0 Å². The van der Waals surface area contributed by atoms with Gasteiger partial charge in [0.15, 0.2) is 6.10 Å². The van der Waals surface area contributed by atoms with Crippen LogP contribution in [0, 0.1) is 5.41 Å². The Labute approximate surface area is 89.9 Å². The van der Waals surface area contributed by atoms with E-state index < -0.39 is 12.1 Å². The van der Waals surface area contributed by atoms with Gasteiger partial charge >= 0.3 is 5.97 Å². The number of aliphatic hydroxyl groups excluding tert-OH is 1. The van der Waals surface area contributed by atoms with Crippen molar-refractivity contribution in [3.8, 4) is 0 Å². The summed E-state index contributed by atoms with van der Waals surface area (Å²) >= 11 is 0. The van der Waals surface area contributed by atoms with Gasteiger partial charge < -0.3 is 15.1 Å². The van der Waals surface area contributed by atoms with Crippen molar-refractivity contribution in [2.75, 3.05) is 19.6 Å². The van der Waals surface area contributed by atoms with Crippen molar-refractivity contribution in [1.29, 1.82) is 0 Å². The normalized spacial score (nSPS) is 26.5. The minimum atomic E-state index is -1.19. The summed E-state index contributed by atoms with van der Waals surface area (Å²) in [5.41, 5.74) is 0.564. The van der Waals surface area contributed by atoms with Crippen LogP contribution in [0.25, 0.3) is 0 Å². The average Bonchev–Trinajstić information content (AvgIpc) is 2.60. The van der Waals surface area contributed by atoms with Crippen molar-refractivity contribution in [1.82, 2.24) is 4.90 Å². The highest BCUT2D eigenvalue weighted by molar-refractivity contribution is 5.71. The molecule has 1 aliphatic carbocycles. The lowest BCUT2D eigenvalue weighted by Gasteiger charge is -2.48. The Hall–Kier alpha value is -0.610. The van der Waals surface area contributed by atoms with E-state index in [1.807, 2.05) is 0 Å². The van der Waals surface area contributed by atoms with E-state index in [1.54, 1.807) is 0 Å². The first-order chi connectivity index (χ1) is 7.11. The molecule has 0 bridgehead atoms. The quantitative estimate of drug-likeness (QED) is 0.721. The number of likely N-dealkylation sites (tertiary alicyclic amines) is 1. The van der Waals surface area contributed by atoms with E-state index >= 15 is 0 Å². The molecule has 1 saturated carbocycles. The number of nitrogens with zero attached hydrogens (tertiary/aromatic N) is 1. The third-order valence-electron chi connectivity index (χ3n) is 3.79. The number of carbonyl (C=O) groups is 1. The lowest BCUT2D eigenvalue weighted by Crippen LogP contribution is -2.55. The fourth-order valence-corrected chi connectivity index (χ4v) is 2.93. The molecule has 86 valence electrons. The smallest absolute Gasteiger partial charge is 0.332 e. The molecule has 0 aromatic rings. The maximum atomic E-state index is 10.4. The van der Waals surface area contributed by atoms with Gasteiger partial charge in [-0.15, -0.1) is 0 Å². The number of hydrogen-bond acceptors (Lipinski definition) is 3. The van der Waals surface area contributed by atoms with Crippen LogP contribution in [0.4, 0.5) is 0 Å². The topological polar surface area (TPSA) is 60.8 Å². The van der Waals surface area contributed by atoms with Gasteiger partial charge in [-0.3, -0.25) is 0 Å². The summed E-state index contributed by atoms with van der Waals surface area (Å²) in [6.45, 7) is 2.94. The van der Waals surface area contributed by atoms with E-state index in [9.17, 15) is 4.79 Å². The van der Waals surface area contributed by atoms with Gasteiger partial charge in [-0.1, -0.05) is 12.8 Å². The first-order valence-corrected chi connectivity index (χ1v) is 5.75. The van der Waals surface area contributed by atoms with Gasteiger partial charge in [-0.2, -0.15) is 0 Å². The van der Waals surface area contributed by atoms with E-state index in [1.165, 1.54) is 25.7 Å². The summed E-state index contributed by atoms with van der Waals surface area (Å²) in [7, 11) is 0. The Morgan fingerprint density at radius 3 is 2.47 bits per heavy atom. The Morgan fingerprint density at radius 2 is 1.93 bits per heavy atom. The second kappa shape index (κ2) is 4.10. The van der Waals surface area contributed by atoms with Crippen molar-refractivity contribution < 1.29 is 15.0 Å². The molecule has 1 aliphatic heterocycles. The first kappa shape index (κ1) is 10.9. The molecule has 0 aromatic carbocycles. The fourth-order valence-electron chi connectivity index (χ4n) is 2.93. The number of aliphatic hydroxyl groups is 1. The number of carboxylic acid groups (broad SMARTS) is 1. The summed E-state index contributed by atoms with van der Waals surface area (Å²) in [6, 6.07) is 0. The zero-order chi connectivity index (χ0) is 10.9. The third-order valence-corrected chi connectivity index (χ3v) is 3.79. The van der Waals surface area contributed by atoms with Gasteiger partial charge in [0.05, 0.1) is 0 Å². The van der Waals surface area contributed by atoms with Gasteiger partial charge in [0, 0.05) is 19.6 Å². The average molecular weight is 213 g/mol. The van der Waals surface area contributed by atoms with Crippen LogP contribution in [0.15, 0.2) is 0 Å². The van der Waals surface area contributed by atoms with Gasteiger partial charge in [-0.05, 0) is 24.7 Å². The molecule has 2 N–H and O–H groups in total. The molecule has 2 aliphatic rings. The van der Waals surface area contributed by atoms with Gasteiger partial charge in [0.2, 0.25) is 0 Å². The first-order valence-electron chi connectivity index (χ1n) is 5.75. The predicted molar refractivity (Wildman–Crippen MR) is 55.6 cm³/mol. The number of aliphatic carboxylic acids is 1. The highest BCUT2D eigenvalue weighted by atomic mass is 16.4. The monoisotopic (exact) mass is 213 g/mol. The zero-order valence-corrected chi connectivity index (χ0v) is 8.98. The van der Waals surface area contributed by atoms with Crippen LogP contribution < -0.4 is 0 Å². The van der Waals surface area contributed by atoms with Crippen molar-refractivity contribution in [2.24, 2.45) is 5.41 Å². The number of hydrogen-bond donors (Lipinski definition) is 2. The highest BCUT2D eigenvalue weighted by Crippen LogP contribution is 2.45. The Morgan fingerprint density at radius 1 is 1.33 bits per heavy atom. The Balaban J connectivity index is 1.65. The van der Waals surface area contributed by atoms with Crippen molar-refractivity contribution >= 4 is 5.97 Å². The second-order valence-corrected chi connectivity index (χ2v) is 5.06. The number of carboxylic acids is 1. The van der Waals surface area contributed by atoms with Crippen molar-refractivity contribution in [3.05, 3.63) is 0 Å². The molecule has 2 rings (SSSR count). The molecule has 4 nitrogen and oxygen atoms in total. The van der Waals surface area contributed by atoms with E-state index in [0.717, 1.165) is 19.6 Å². The Bertz CT molecular complexity index is 240. The largest absolute Gasteiger partial charge is 0.479 e. The van der Waals surface area contributed by atoms with Crippen LogP contribution in [-0.4, -0.2) is 46.8 Å². The minimum Gasteiger partial charge on any atom is -0.479 e. The SMILES string of the molecule is O=C(O)C(O)CCN1CC2(CCCC2)C1. The lowest BCUT2D eigenvalue weighted by molar-refractivity contribution is -0.147. The summed E-state index contributed by atoms with van der Waals surface area (Å²) in [6.07, 6.45) is 4.54. The molecule has 15 heavy (non-hydrogen) atoms. The lowest BCUT2D eigenvalue weighted by atomic mass is 9.78. The molecule has 1 unspecified atom stereocenters. The van der Waals surface area contributed by atoms with E-state index in [0.29, 0.717) is 11.8 Å². The third kappa shape index (κ3) is 2.32. The summed E-state index contributed by atoms with van der Waals surface area (Å²) in [5, 5.41) is 17.6. The molecular formula is C11H19NO3. The Kier molecular flexibility index (Phi) is 2.98. The molecule has 1 saturated heterocycles. The summed E-state index contributed by atoms with van der Waals surface area (Å²) < 4.78 is 0. The molecule has 2 fully saturated rings. The molecule has 0 aromatic heterocycles. The fraction of sp³-hybridized carbons (Fsp3) is 0.909. The molecule has 0 radical (unpaired) electrons. The molecule has 4 heteroatoms. The van der Waals surface area contributed by atoms with Gasteiger partial charge in [0.1, 0.15) is 0 Å². The molecular weight excluding hydrogens is 194 g/mol. The summed E-state index contributed by atoms with van der Waals surface area (Å²) in [4.78, 5) is 12.7. The molecule has 0 amide bonds. The minimum absolute atomic E-state index is 0.353. The van der Waals surface area contributed by atoms with Crippen LogP contribution in [0.3, 0.4) is 0 Å². The van der Waals surface area contributed by atoms with Crippen molar-refractivity contribution in [2.45, 2.75) is 38.2 Å². The van der Waals surface area contributed by atoms with Gasteiger partial charge in [0.25, 0.3) is 0 Å². The zero-order valence-electron chi connectivity index (χ0n) is 8.98. The maximum Gasteiger partial charge on any atom is 0.332 e. The second-order valence-electron chi connectivity index (χ2n) is 5.06. The molecule has 1 atom stereocenters. The molecule has 1 spiro atoms. The summed E-state index contributed by atoms with van der Waals surface area (Å²) in [5.74, 6) is -1.11. The van der Waals surface area contributed by atoms with Crippen LogP contribution in [-0.2, 0) is 4.79 Å². The standard InChI is InChI=1S/C11H19NO3/c13-9(10(14)15)3-6-12-7-11(8-12)4-1-2-5-11/h9,13H,1-8H2,(H,14,15). The molecule has 1 heterocycles. The van der Waals surface area contributed by atoms with Crippen LogP contribution in [0.2, 0.25) is 0 Å².